The van der Waals surface area contributed by atoms with Crippen LogP contribution in [0.5, 0.6) is 0 Å². The number of non-ortho nitro benzene ring substituents is 1. The van der Waals surface area contributed by atoms with Gasteiger partial charge in [0.25, 0.3) is 5.69 Å². The van der Waals surface area contributed by atoms with Crippen LogP contribution in [0.3, 0.4) is 0 Å². The summed E-state index contributed by atoms with van der Waals surface area (Å²) >= 11 is 0. The number of nitro benzene ring substituents is 1. The van der Waals surface area contributed by atoms with Crippen LogP contribution in [0.4, 0.5) is 11.4 Å². The molecule has 0 unspecified atom stereocenters. The van der Waals surface area contributed by atoms with E-state index in [4.69, 9.17) is 9.47 Å². The highest BCUT2D eigenvalue weighted by Crippen LogP contribution is 2.20. The highest BCUT2D eigenvalue weighted by molar-refractivity contribution is 5.52. The standard InChI is InChI=1S/C10H14N2O4/c1-15-7-11(8-16-2)9-4-3-5-10(6-9)12(13)14/h3-6H,7-8H2,1-2H3. The predicted molar refractivity (Wildman–Crippen MR) is 59.3 cm³/mol. The molecule has 0 aliphatic rings. The van der Waals surface area contributed by atoms with Gasteiger partial charge in [0.15, 0.2) is 0 Å². The van der Waals surface area contributed by atoms with E-state index in [-0.39, 0.29) is 5.69 Å². The smallest absolute Gasteiger partial charge is 0.271 e. The summed E-state index contributed by atoms with van der Waals surface area (Å²) in [6.07, 6.45) is 0. The first-order chi connectivity index (χ1) is 7.69. The maximum absolute atomic E-state index is 10.6. The third-order valence-corrected chi connectivity index (χ3v) is 1.98. The number of nitrogens with zero attached hydrogens (tertiary/aromatic N) is 2. The second-order valence-electron chi connectivity index (χ2n) is 3.15. The van der Waals surface area contributed by atoms with E-state index < -0.39 is 4.92 Å². The molecule has 1 rings (SSSR count). The average molecular weight is 226 g/mol. The van der Waals surface area contributed by atoms with Gasteiger partial charge in [-0.1, -0.05) is 6.07 Å². The summed E-state index contributed by atoms with van der Waals surface area (Å²) in [5.74, 6) is 0. The lowest BCUT2D eigenvalue weighted by atomic mass is 10.2. The van der Waals surface area contributed by atoms with Crippen molar-refractivity contribution in [3.05, 3.63) is 34.4 Å². The van der Waals surface area contributed by atoms with Crippen LogP contribution in [0.25, 0.3) is 0 Å². The highest BCUT2D eigenvalue weighted by Gasteiger charge is 2.10. The number of hydrogen-bond acceptors (Lipinski definition) is 5. The molecule has 0 aliphatic carbocycles. The molecule has 0 N–H and O–H groups in total. The molecule has 0 aromatic heterocycles. The molecule has 0 saturated carbocycles. The fraction of sp³-hybridized carbons (Fsp3) is 0.400. The zero-order chi connectivity index (χ0) is 12.0. The molecule has 16 heavy (non-hydrogen) atoms. The molecule has 0 spiro atoms. The molecule has 0 fully saturated rings. The molecule has 0 radical (unpaired) electrons. The van der Waals surface area contributed by atoms with Gasteiger partial charge < -0.3 is 14.4 Å². The van der Waals surface area contributed by atoms with Crippen LogP contribution < -0.4 is 4.90 Å². The molecule has 88 valence electrons. The fourth-order valence-electron chi connectivity index (χ4n) is 1.30. The Kier molecular flexibility index (Phi) is 4.68. The Hall–Kier alpha value is -1.66. The molecule has 0 aliphatic heterocycles. The van der Waals surface area contributed by atoms with Crippen molar-refractivity contribution in [1.82, 2.24) is 0 Å². The van der Waals surface area contributed by atoms with Crippen LogP contribution in [0.2, 0.25) is 0 Å². The molecule has 0 amide bonds. The highest BCUT2D eigenvalue weighted by atomic mass is 16.6. The van der Waals surface area contributed by atoms with Gasteiger partial charge in [0.05, 0.1) is 4.92 Å². The average Bonchev–Trinajstić information content (AvgIpc) is 2.29. The summed E-state index contributed by atoms with van der Waals surface area (Å²) < 4.78 is 9.97. The maximum Gasteiger partial charge on any atom is 0.271 e. The number of ether oxygens (including phenoxy) is 2. The zero-order valence-corrected chi connectivity index (χ0v) is 9.25. The second-order valence-corrected chi connectivity index (χ2v) is 3.15. The van der Waals surface area contributed by atoms with Crippen molar-refractivity contribution in [3.8, 4) is 0 Å². The van der Waals surface area contributed by atoms with Crippen LogP contribution in [0.15, 0.2) is 24.3 Å². The lowest BCUT2D eigenvalue weighted by Gasteiger charge is -2.22. The molecule has 0 bridgehead atoms. The van der Waals surface area contributed by atoms with E-state index >= 15 is 0 Å². The molecule has 1 aromatic carbocycles. The molecule has 0 saturated heterocycles. The Balaban J connectivity index is 2.90. The van der Waals surface area contributed by atoms with Crippen LogP contribution in [0, 0.1) is 10.1 Å². The number of benzene rings is 1. The first kappa shape index (κ1) is 12.4. The predicted octanol–water partition coefficient (Wildman–Crippen LogP) is 1.61. The van der Waals surface area contributed by atoms with Crippen molar-refractivity contribution >= 4 is 11.4 Å². The summed E-state index contributed by atoms with van der Waals surface area (Å²) in [6.45, 7) is 0.629. The summed E-state index contributed by atoms with van der Waals surface area (Å²) in [7, 11) is 3.11. The Morgan fingerprint density at radius 2 is 1.94 bits per heavy atom. The first-order valence-corrected chi connectivity index (χ1v) is 4.66. The maximum atomic E-state index is 10.6. The molecular weight excluding hydrogens is 212 g/mol. The third kappa shape index (κ3) is 3.18. The van der Waals surface area contributed by atoms with Crippen LogP contribution >= 0.6 is 0 Å². The minimum Gasteiger partial charge on any atom is -0.364 e. The number of anilines is 1. The van der Waals surface area contributed by atoms with Crippen LogP contribution in [0.1, 0.15) is 0 Å². The summed E-state index contributed by atoms with van der Waals surface area (Å²) in [5, 5.41) is 10.6. The van der Waals surface area contributed by atoms with Crippen LogP contribution in [-0.4, -0.2) is 32.6 Å². The van der Waals surface area contributed by atoms with E-state index in [0.29, 0.717) is 19.1 Å². The second kappa shape index (κ2) is 6.04. The SMILES string of the molecule is COCN(COC)c1cccc([N+](=O)[O-])c1. The van der Waals surface area contributed by atoms with Crippen molar-refractivity contribution in [2.45, 2.75) is 0 Å². The van der Waals surface area contributed by atoms with Crippen molar-refractivity contribution in [3.63, 3.8) is 0 Å². The molecular formula is C10H14N2O4. The van der Waals surface area contributed by atoms with Crippen LogP contribution in [-0.2, 0) is 9.47 Å². The molecule has 1 aromatic rings. The monoisotopic (exact) mass is 226 g/mol. The number of rotatable bonds is 6. The van der Waals surface area contributed by atoms with Gasteiger partial charge in [-0.15, -0.1) is 0 Å². The molecule has 6 heteroatoms. The van der Waals surface area contributed by atoms with Crippen molar-refractivity contribution in [2.24, 2.45) is 0 Å². The first-order valence-electron chi connectivity index (χ1n) is 4.66. The topological polar surface area (TPSA) is 64.8 Å². The van der Waals surface area contributed by atoms with E-state index in [1.54, 1.807) is 31.3 Å². The van der Waals surface area contributed by atoms with E-state index in [2.05, 4.69) is 0 Å². The van der Waals surface area contributed by atoms with E-state index in [1.807, 2.05) is 0 Å². The molecule has 0 atom stereocenters. The Morgan fingerprint density at radius 3 is 2.44 bits per heavy atom. The Bertz CT molecular complexity index is 350. The van der Waals surface area contributed by atoms with Crippen molar-refractivity contribution < 1.29 is 14.4 Å². The quantitative estimate of drug-likeness (QED) is 0.419. The van der Waals surface area contributed by atoms with Gasteiger partial charge in [-0.05, 0) is 6.07 Å². The third-order valence-electron chi connectivity index (χ3n) is 1.98. The van der Waals surface area contributed by atoms with E-state index in [1.165, 1.54) is 12.1 Å². The molecule has 6 nitrogen and oxygen atoms in total. The van der Waals surface area contributed by atoms with Gasteiger partial charge in [-0.3, -0.25) is 10.1 Å². The van der Waals surface area contributed by atoms with Gasteiger partial charge in [0, 0.05) is 32.0 Å². The van der Waals surface area contributed by atoms with Crippen molar-refractivity contribution in [1.29, 1.82) is 0 Å². The number of hydrogen-bond donors (Lipinski definition) is 0. The van der Waals surface area contributed by atoms with Gasteiger partial charge in [-0.25, -0.2) is 0 Å². The summed E-state index contributed by atoms with van der Waals surface area (Å²) in [5.41, 5.74) is 0.743. The fourth-order valence-corrected chi connectivity index (χ4v) is 1.30. The zero-order valence-electron chi connectivity index (χ0n) is 9.25. The largest absolute Gasteiger partial charge is 0.364 e. The van der Waals surface area contributed by atoms with Gasteiger partial charge in [0.1, 0.15) is 13.5 Å². The number of methoxy groups -OCH3 is 2. The van der Waals surface area contributed by atoms with Gasteiger partial charge in [-0.2, -0.15) is 0 Å². The normalized spacial score (nSPS) is 10.1. The summed E-state index contributed by atoms with van der Waals surface area (Å²) in [6, 6.07) is 6.33. The number of nitro groups is 1. The Labute approximate surface area is 93.5 Å². The minimum atomic E-state index is -0.429. The minimum absolute atomic E-state index is 0.0507. The lowest BCUT2D eigenvalue weighted by Crippen LogP contribution is -2.27. The van der Waals surface area contributed by atoms with E-state index in [0.717, 1.165) is 0 Å². The Morgan fingerprint density at radius 1 is 1.31 bits per heavy atom. The summed E-state index contributed by atoms with van der Waals surface area (Å²) in [4.78, 5) is 11.9. The molecule has 0 heterocycles. The van der Waals surface area contributed by atoms with Gasteiger partial charge >= 0.3 is 0 Å². The van der Waals surface area contributed by atoms with Crippen molar-refractivity contribution in [2.75, 3.05) is 32.6 Å². The van der Waals surface area contributed by atoms with E-state index in [9.17, 15) is 10.1 Å². The lowest BCUT2D eigenvalue weighted by molar-refractivity contribution is -0.384. The van der Waals surface area contributed by atoms with Gasteiger partial charge in [0.2, 0.25) is 0 Å².